The Morgan fingerprint density at radius 2 is 1.97 bits per heavy atom. The average molecular weight is 557 g/mol. The second-order valence-corrected chi connectivity index (χ2v) is 9.61. The van der Waals surface area contributed by atoms with Crippen LogP contribution in [0.3, 0.4) is 0 Å². The van der Waals surface area contributed by atoms with Gasteiger partial charge in [-0.3, -0.25) is 10.1 Å². The average Bonchev–Trinajstić information content (AvgIpc) is 3.31. The number of carbonyl (C=O) groups excluding carboxylic acids is 2. The summed E-state index contributed by atoms with van der Waals surface area (Å²) in [5.41, 5.74) is 7.04. The fourth-order valence-corrected chi connectivity index (χ4v) is 4.86. The van der Waals surface area contributed by atoms with Crippen LogP contribution in [0.2, 0.25) is 0 Å². The van der Waals surface area contributed by atoms with Crippen LogP contribution in [0.1, 0.15) is 27.9 Å². The first-order valence-electron chi connectivity index (χ1n) is 12.3. The maximum atomic E-state index is 12.2. The zero-order chi connectivity index (χ0) is 27.9. The number of ether oxygens (including phenoxy) is 3. The highest BCUT2D eigenvalue weighted by molar-refractivity contribution is 7.17. The van der Waals surface area contributed by atoms with Gasteiger partial charge < -0.3 is 35.5 Å². The Kier molecular flexibility index (Phi) is 8.99. The zero-order valence-corrected chi connectivity index (χ0v) is 23.1. The van der Waals surface area contributed by atoms with Crippen molar-refractivity contribution in [2.75, 3.05) is 56.0 Å². The van der Waals surface area contributed by atoms with E-state index in [1.807, 2.05) is 29.2 Å². The van der Waals surface area contributed by atoms with Gasteiger partial charge in [-0.1, -0.05) is 17.4 Å². The van der Waals surface area contributed by atoms with Crippen LogP contribution >= 0.6 is 11.3 Å². The van der Waals surface area contributed by atoms with Crippen LogP contribution in [0.4, 0.5) is 22.7 Å². The Balaban J connectivity index is 1.61. The van der Waals surface area contributed by atoms with Gasteiger partial charge >= 0.3 is 5.97 Å². The minimum Gasteiger partial charge on any atom is -0.493 e. The van der Waals surface area contributed by atoms with Crippen LogP contribution < -0.4 is 36.1 Å². The second-order valence-electron chi connectivity index (χ2n) is 8.61. The molecule has 1 aromatic carbocycles. The number of nitrogens with two attached hydrogens (primary N) is 1. The number of aromatic nitrogens is 3. The normalized spacial score (nSPS) is 15.0. The summed E-state index contributed by atoms with van der Waals surface area (Å²) < 4.78 is 15.8. The van der Waals surface area contributed by atoms with E-state index < -0.39 is 17.9 Å². The lowest BCUT2D eigenvalue weighted by Gasteiger charge is -2.33. The summed E-state index contributed by atoms with van der Waals surface area (Å²) in [7, 11) is 3.18. The summed E-state index contributed by atoms with van der Waals surface area (Å²) in [5.74, 6) is 1.84. The number of anilines is 4. The molecule has 14 heteroatoms. The molecular formula is C25H32N8O5S. The number of nitrogens with zero attached hydrogens (tertiary/aromatic N) is 4. The molecular weight excluding hydrogens is 524 g/mol. The molecule has 1 amide bonds. The van der Waals surface area contributed by atoms with Gasteiger partial charge in [0.15, 0.2) is 16.6 Å². The molecule has 1 atom stereocenters. The molecule has 0 spiro atoms. The molecule has 3 aromatic rings. The first-order valence-corrected chi connectivity index (χ1v) is 13.2. The number of piperazine rings is 1. The summed E-state index contributed by atoms with van der Waals surface area (Å²) in [5, 5.41) is 10.0. The molecule has 2 aromatic heterocycles. The van der Waals surface area contributed by atoms with Crippen LogP contribution in [-0.2, 0) is 16.1 Å². The minimum atomic E-state index is -0.498. The summed E-state index contributed by atoms with van der Waals surface area (Å²) >= 11 is 1.16. The van der Waals surface area contributed by atoms with E-state index in [1.165, 1.54) is 0 Å². The van der Waals surface area contributed by atoms with E-state index in [2.05, 4.69) is 30.9 Å². The Hall–Kier alpha value is -4.17. The third kappa shape index (κ3) is 6.83. The smallest absolute Gasteiger partial charge is 0.350 e. The second kappa shape index (κ2) is 12.6. The van der Waals surface area contributed by atoms with Gasteiger partial charge in [-0.2, -0.15) is 9.97 Å². The van der Waals surface area contributed by atoms with Crippen molar-refractivity contribution in [2.24, 2.45) is 5.73 Å². The molecule has 5 N–H and O–H groups in total. The van der Waals surface area contributed by atoms with Gasteiger partial charge in [-0.15, -0.1) is 0 Å². The van der Waals surface area contributed by atoms with Crippen molar-refractivity contribution >= 4 is 45.9 Å². The highest BCUT2D eigenvalue weighted by atomic mass is 32.1. The first kappa shape index (κ1) is 27.9. The lowest BCUT2D eigenvalue weighted by atomic mass is 10.2. The Bertz CT molecular complexity index is 1330. The van der Waals surface area contributed by atoms with E-state index in [9.17, 15) is 9.59 Å². The number of carbonyl (C=O) groups is 2. The third-order valence-corrected chi connectivity index (χ3v) is 7.01. The minimum absolute atomic E-state index is 0.274. The van der Waals surface area contributed by atoms with Gasteiger partial charge in [0.2, 0.25) is 11.9 Å². The Labute approximate surface area is 230 Å². The van der Waals surface area contributed by atoms with Crippen LogP contribution in [0.15, 0.2) is 24.3 Å². The van der Waals surface area contributed by atoms with E-state index in [4.69, 9.17) is 19.9 Å². The summed E-state index contributed by atoms with van der Waals surface area (Å²) in [4.78, 5) is 40.2. The van der Waals surface area contributed by atoms with Gasteiger partial charge in [0, 0.05) is 32.2 Å². The molecule has 3 heterocycles. The monoisotopic (exact) mass is 556 g/mol. The Morgan fingerprint density at radius 1 is 1.18 bits per heavy atom. The fraction of sp³-hybridized carbons (Fsp3) is 0.400. The molecule has 0 radical (unpaired) electrons. The highest BCUT2D eigenvalue weighted by Crippen LogP contribution is 2.29. The van der Waals surface area contributed by atoms with Gasteiger partial charge in [0.25, 0.3) is 0 Å². The highest BCUT2D eigenvalue weighted by Gasteiger charge is 2.25. The molecule has 1 unspecified atom stereocenters. The predicted octanol–water partition coefficient (Wildman–Crippen LogP) is 2.05. The van der Waals surface area contributed by atoms with Crippen LogP contribution in [-0.4, -0.2) is 73.3 Å². The fourth-order valence-electron chi connectivity index (χ4n) is 4.01. The summed E-state index contributed by atoms with van der Waals surface area (Å²) in [6.07, 6.45) is 0. The van der Waals surface area contributed by atoms with Gasteiger partial charge in [0.05, 0.1) is 26.5 Å². The molecule has 1 aliphatic rings. The Morgan fingerprint density at radius 3 is 2.69 bits per heavy atom. The molecule has 13 nitrogen and oxygen atoms in total. The lowest BCUT2D eigenvalue weighted by Crippen LogP contribution is -2.56. The van der Waals surface area contributed by atoms with Gasteiger partial charge in [-0.05, 0) is 31.5 Å². The van der Waals surface area contributed by atoms with E-state index >= 15 is 0 Å². The van der Waals surface area contributed by atoms with Crippen LogP contribution in [0.5, 0.6) is 11.5 Å². The standard InChI is InChI=1S/C25H32N8O5S/c1-5-38-23(35)21-14(2)29-25(39-21)32-24-30-19(28-12-15-6-7-17(36-3)18(10-15)37-4)11-20(31-24)33-9-8-27-16(13-33)22(26)34/h6-7,10-11,16,27H,5,8-9,12-13H2,1-4H3,(H2,26,34)(H2,28,29,30,31,32). The van der Waals surface area contributed by atoms with Crippen molar-refractivity contribution in [3.63, 3.8) is 0 Å². The maximum Gasteiger partial charge on any atom is 0.350 e. The topological polar surface area (TPSA) is 166 Å². The zero-order valence-electron chi connectivity index (χ0n) is 22.2. The SMILES string of the molecule is CCOC(=O)c1sc(Nc2nc(NCc3ccc(OC)c(OC)c3)cc(N3CCNC(C(N)=O)C3)n2)nc1C. The number of amides is 1. The molecule has 4 rings (SSSR count). The lowest BCUT2D eigenvalue weighted by molar-refractivity contribution is -0.120. The molecule has 1 aliphatic heterocycles. The molecule has 0 bridgehead atoms. The van der Waals surface area contributed by atoms with Crippen molar-refractivity contribution in [2.45, 2.75) is 26.4 Å². The third-order valence-electron chi connectivity index (χ3n) is 5.95. The van der Waals surface area contributed by atoms with Crippen molar-refractivity contribution < 1.29 is 23.8 Å². The molecule has 1 saturated heterocycles. The van der Waals surface area contributed by atoms with Gasteiger partial charge in [-0.25, -0.2) is 9.78 Å². The number of hydrogen-bond donors (Lipinski definition) is 4. The van der Waals surface area contributed by atoms with E-state index in [0.29, 0.717) is 65.0 Å². The van der Waals surface area contributed by atoms with Crippen molar-refractivity contribution in [3.05, 3.63) is 40.4 Å². The number of rotatable bonds is 11. The molecule has 1 fully saturated rings. The van der Waals surface area contributed by atoms with Gasteiger partial charge in [0.1, 0.15) is 22.6 Å². The summed E-state index contributed by atoms with van der Waals surface area (Å²) in [6, 6.07) is 6.97. The molecule has 39 heavy (non-hydrogen) atoms. The van der Waals surface area contributed by atoms with Crippen molar-refractivity contribution in [1.82, 2.24) is 20.3 Å². The predicted molar refractivity (Wildman–Crippen MR) is 148 cm³/mol. The maximum absolute atomic E-state index is 12.2. The number of esters is 1. The first-order chi connectivity index (χ1) is 18.8. The van der Waals surface area contributed by atoms with E-state index in [0.717, 1.165) is 16.9 Å². The number of nitrogens with one attached hydrogen (secondary N) is 3. The van der Waals surface area contributed by atoms with Crippen LogP contribution in [0, 0.1) is 6.92 Å². The number of thiazole rings is 1. The number of methoxy groups -OCH3 is 2. The largest absolute Gasteiger partial charge is 0.493 e. The quantitative estimate of drug-likeness (QED) is 0.254. The van der Waals surface area contributed by atoms with Crippen molar-refractivity contribution in [3.8, 4) is 11.5 Å². The summed E-state index contributed by atoms with van der Waals surface area (Å²) in [6.45, 7) is 5.78. The van der Waals surface area contributed by atoms with Crippen LogP contribution in [0.25, 0.3) is 0 Å². The number of primary amides is 1. The van der Waals surface area contributed by atoms with Crippen molar-refractivity contribution in [1.29, 1.82) is 0 Å². The molecule has 208 valence electrons. The molecule has 0 aliphatic carbocycles. The number of hydrogen-bond acceptors (Lipinski definition) is 13. The molecule has 0 saturated carbocycles. The number of benzene rings is 1. The number of aryl methyl sites for hydroxylation is 1. The van der Waals surface area contributed by atoms with E-state index in [-0.39, 0.29) is 12.6 Å². The van der Waals surface area contributed by atoms with E-state index in [1.54, 1.807) is 28.1 Å².